The molecule has 0 aromatic heterocycles. The van der Waals surface area contributed by atoms with Gasteiger partial charge >= 0.3 is 5.97 Å². The molecule has 3 rings (SSSR count). The lowest BCUT2D eigenvalue weighted by Gasteiger charge is -2.45. The Labute approximate surface area is 320 Å². The molecule has 0 radical (unpaired) electrons. The average Bonchev–Trinajstić information content (AvgIpc) is 3.09. The minimum atomic E-state index is -2.74. The molecule has 0 heterocycles. The largest absolute Gasteiger partial charge is 0.458 e. The Morgan fingerprint density at radius 2 is 1.29 bits per heavy atom. The van der Waals surface area contributed by atoms with E-state index in [1.54, 1.807) is 0 Å². The molecule has 0 saturated heterocycles. The Morgan fingerprint density at radius 3 is 1.85 bits per heavy atom. The molecule has 0 spiro atoms. The van der Waals surface area contributed by atoms with Gasteiger partial charge in [0.2, 0.25) is 0 Å². The summed E-state index contributed by atoms with van der Waals surface area (Å²) in [6.07, 6.45) is 15.3. The average molecular weight is 743 g/mol. The fourth-order valence-corrected chi connectivity index (χ4v) is 12.5. The van der Waals surface area contributed by atoms with E-state index in [1.165, 1.54) is 49.4 Å². The van der Waals surface area contributed by atoms with Crippen molar-refractivity contribution in [3.8, 4) is 0 Å². The number of ether oxygens (including phenoxy) is 1. The molecular formula is C46H70O4Si2. The maximum absolute atomic E-state index is 12.2. The zero-order valence-corrected chi connectivity index (χ0v) is 36.3. The first kappa shape index (κ1) is 43.6. The van der Waals surface area contributed by atoms with Crippen LogP contribution in [0, 0.1) is 0 Å². The summed E-state index contributed by atoms with van der Waals surface area (Å²) in [6, 6.07) is 30.4. The summed E-state index contributed by atoms with van der Waals surface area (Å²) in [5.41, 5.74) is 2.12. The van der Waals surface area contributed by atoms with Gasteiger partial charge in [-0.2, -0.15) is 0 Å². The van der Waals surface area contributed by atoms with Gasteiger partial charge in [0.05, 0.1) is 6.10 Å². The summed E-state index contributed by atoms with van der Waals surface area (Å²) in [7, 11) is -4.52. The van der Waals surface area contributed by atoms with Crippen molar-refractivity contribution in [2.45, 2.75) is 155 Å². The van der Waals surface area contributed by atoms with Crippen molar-refractivity contribution in [1.29, 1.82) is 0 Å². The van der Waals surface area contributed by atoms with Gasteiger partial charge in [-0.05, 0) is 76.4 Å². The van der Waals surface area contributed by atoms with Crippen molar-refractivity contribution in [3.05, 3.63) is 102 Å². The molecule has 0 saturated carbocycles. The SMILES string of the molecule is CCCCCCCC[C@@H](/C=C/c1cccc([C@H](CCCCO[Si](C)(C)C(C)(C)C)OC(C)=O)c1)O[Si](c1ccccc1)(c1ccccc1)C(C)(C)C. The van der Waals surface area contributed by atoms with E-state index in [4.69, 9.17) is 13.6 Å². The van der Waals surface area contributed by atoms with Crippen LogP contribution in [-0.2, 0) is 18.4 Å². The number of carbonyl (C=O) groups is 1. The van der Waals surface area contributed by atoms with Crippen LogP contribution >= 0.6 is 0 Å². The van der Waals surface area contributed by atoms with Gasteiger partial charge in [0, 0.05) is 13.5 Å². The number of rotatable bonds is 21. The van der Waals surface area contributed by atoms with E-state index in [0.717, 1.165) is 49.8 Å². The molecule has 0 N–H and O–H groups in total. The molecule has 0 aliphatic heterocycles. The molecule has 4 nitrogen and oxygen atoms in total. The number of hydrogen-bond donors (Lipinski definition) is 0. The summed E-state index contributed by atoms with van der Waals surface area (Å²) in [6.45, 7) is 23.0. The first-order valence-electron chi connectivity index (χ1n) is 20.0. The second kappa shape index (κ2) is 20.6. The van der Waals surface area contributed by atoms with Crippen LogP contribution < -0.4 is 10.4 Å². The number of unbranched alkanes of at least 4 members (excludes halogenated alkanes) is 6. The Bertz CT molecular complexity index is 1450. The third-order valence-electron chi connectivity index (χ3n) is 10.8. The molecule has 286 valence electrons. The van der Waals surface area contributed by atoms with Crippen LogP contribution in [0.3, 0.4) is 0 Å². The Balaban J connectivity index is 1.89. The Morgan fingerprint density at radius 1 is 0.712 bits per heavy atom. The van der Waals surface area contributed by atoms with Crippen LogP contribution in [0.15, 0.2) is 91.0 Å². The Hall–Kier alpha value is -2.78. The van der Waals surface area contributed by atoms with Gasteiger partial charge in [-0.1, -0.05) is 178 Å². The second-order valence-corrected chi connectivity index (χ2v) is 26.2. The molecule has 3 aromatic rings. The molecule has 2 atom stereocenters. The number of esters is 1. The van der Waals surface area contributed by atoms with Crippen LogP contribution in [0.2, 0.25) is 23.2 Å². The second-order valence-electron chi connectivity index (χ2n) is 17.1. The topological polar surface area (TPSA) is 44.8 Å². The molecule has 0 amide bonds. The van der Waals surface area contributed by atoms with Gasteiger partial charge in [0.15, 0.2) is 8.32 Å². The molecular weight excluding hydrogens is 673 g/mol. The van der Waals surface area contributed by atoms with E-state index in [-0.39, 0.29) is 28.3 Å². The van der Waals surface area contributed by atoms with E-state index in [2.05, 4.69) is 159 Å². The number of carbonyl (C=O) groups excluding carboxylic acids is 1. The molecule has 0 aliphatic rings. The third-order valence-corrected chi connectivity index (χ3v) is 20.4. The summed E-state index contributed by atoms with van der Waals surface area (Å²) in [4.78, 5) is 12.2. The summed E-state index contributed by atoms with van der Waals surface area (Å²) < 4.78 is 20.0. The van der Waals surface area contributed by atoms with Crippen LogP contribution in [0.5, 0.6) is 0 Å². The van der Waals surface area contributed by atoms with Crippen molar-refractivity contribution >= 4 is 39.1 Å². The van der Waals surface area contributed by atoms with Crippen LogP contribution in [-0.4, -0.2) is 35.3 Å². The predicted octanol–water partition coefficient (Wildman–Crippen LogP) is 12.2. The number of benzene rings is 3. The van der Waals surface area contributed by atoms with E-state index < -0.39 is 16.6 Å². The zero-order chi connectivity index (χ0) is 38.3. The third kappa shape index (κ3) is 13.0. The van der Waals surface area contributed by atoms with Crippen LogP contribution in [0.25, 0.3) is 6.08 Å². The molecule has 3 aromatic carbocycles. The molecule has 6 heteroatoms. The van der Waals surface area contributed by atoms with Crippen LogP contribution in [0.1, 0.15) is 137 Å². The van der Waals surface area contributed by atoms with E-state index >= 15 is 0 Å². The zero-order valence-electron chi connectivity index (χ0n) is 34.3. The predicted molar refractivity (Wildman–Crippen MR) is 227 cm³/mol. The minimum Gasteiger partial charge on any atom is -0.458 e. The standard InChI is InChI=1S/C46H70O4Si2/c1-11-12-13-14-15-18-28-41(50-52(46(6,7)8,42-29-19-16-20-30-42)43-31-21-17-22-32-43)35-34-39-26-25-27-40(37-39)44(49-38(2)47)33-23-24-36-48-51(9,10)45(3,4)5/h16-17,19-22,25-27,29-32,34-35,37,41,44H,11-15,18,23-24,28,33,36H2,1-10H3/b35-34+/t41-,44-/m0/s1. The van der Waals surface area contributed by atoms with E-state index in [1.807, 2.05) is 0 Å². The summed E-state index contributed by atoms with van der Waals surface area (Å²) >= 11 is 0. The van der Waals surface area contributed by atoms with Crippen molar-refractivity contribution in [2.75, 3.05) is 6.61 Å². The number of hydrogen-bond acceptors (Lipinski definition) is 4. The lowest BCUT2D eigenvalue weighted by molar-refractivity contribution is -0.147. The highest BCUT2D eigenvalue weighted by Crippen LogP contribution is 2.39. The first-order chi connectivity index (χ1) is 24.6. The maximum atomic E-state index is 12.2. The molecule has 52 heavy (non-hydrogen) atoms. The monoisotopic (exact) mass is 742 g/mol. The molecule has 0 fully saturated rings. The normalized spacial score (nSPS) is 14.0. The van der Waals surface area contributed by atoms with Crippen molar-refractivity contribution in [3.63, 3.8) is 0 Å². The quantitative estimate of drug-likeness (QED) is 0.0619. The van der Waals surface area contributed by atoms with E-state index in [0.29, 0.717) is 0 Å². The highest BCUT2D eigenvalue weighted by Gasteiger charge is 2.51. The fourth-order valence-electron chi connectivity index (χ4n) is 6.79. The van der Waals surface area contributed by atoms with Crippen molar-refractivity contribution in [1.82, 2.24) is 0 Å². The van der Waals surface area contributed by atoms with Gasteiger partial charge < -0.3 is 13.6 Å². The fraction of sp³-hybridized carbons (Fsp3) is 0.543. The lowest BCUT2D eigenvalue weighted by atomic mass is 10.0. The van der Waals surface area contributed by atoms with Crippen LogP contribution in [0.4, 0.5) is 0 Å². The highest BCUT2D eigenvalue weighted by atomic mass is 28.4. The van der Waals surface area contributed by atoms with E-state index in [9.17, 15) is 4.79 Å². The van der Waals surface area contributed by atoms with Gasteiger partial charge in [-0.15, -0.1) is 0 Å². The van der Waals surface area contributed by atoms with Gasteiger partial charge in [-0.25, -0.2) is 0 Å². The van der Waals surface area contributed by atoms with Gasteiger partial charge in [0.1, 0.15) is 6.10 Å². The first-order valence-corrected chi connectivity index (χ1v) is 24.8. The molecule has 0 aliphatic carbocycles. The summed E-state index contributed by atoms with van der Waals surface area (Å²) in [5, 5.41) is 2.70. The molecule has 0 unspecified atom stereocenters. The van der Waals surface area contributed by atoms with Crippen molar-refractivity contribution < 1.29 is 18.4 Å². The van der Waals surface area contributed by atoms with Gasteiger partial charge in [0.25, 0.3) is 8.32 Å². The lowest BCUT2D eigenvalue weighted by Crippen LogP contribution is -2.67. The van der Waals surface area contributed by atoms with Crippen molar-refractivity contribution in [2.24, 2.45) is 0 Å². The Kier molecular flexibility index (Phi) is 17.3. The van der Waals surface area contributed by atoms with Gasteiger partial charge in [-0.3, -0.25) is 4.79 Å². The molecule has 0 bridgehead atoms. The summed E-state index contributed by atoms with van der Waals surface area (Å²) in [5.74, 6) is -0.249. The maximum Gasteiger partial charge on any atom is 0.303 e. The minimum absolute atomic E-state index is 0.0497. The smallest absolute Gasteiger partial charge is 0.303 e. The highest BCUT2D eigenvalue weighted by molar-refractivity contribution is 6.99.